The molecule has 1 aliphatic rings. The molecule has 1 atom stereocenters. The van der Waals surface area contributed by atoms with Crippen LogP contribution >= 0.6 is 0 Å². The van der Waals surface area contributed by atoms with Crippen LogP contribution in [0.1, 0.15) is 31.7 Å². The molecule has 0 aromatic carbocycles. The van der Waals surface area contributed by atoms with E-state index in [1.165, 1.54) is 0 Å². The van der Waals surface area contributed by atoms with Crippen LogP contribution in [-0.2, 0) is 4.74 Å². The van der Waals surface area contributed by atoms with Gasteiger partial charge in [0.15, 0.2) is 0 Å². The van der Waals surface area contributed by atoms with Crippen molar-refractivity contribution in [3.05, 3.63) is 11.9 Å². The molecule has 0 bridgehead atoms. The van der Waals surface area contributed by atoms with E-state index in [0.717, 1.165) is 50.3 Å². The fourth-order valence-corrected chi connectivity index (χ4v) is 2.46. The molecule has 6 nitrogen and oxygen atoms in total. The third-order valence-corrected chi connectivity index (χ3v) is 3.43. The van der Waals surface area contributed by atoms with Crippen LogP contribution in [0.2, 0.25) is 0 Å². The van der Waals surface area contributed by atoms with E-state index in [0.29, 0.717) is 11.9 Å². The first-order valence-electron chi connectivity index (χ1n) is 6.91. The molecule has 6 heteroatoms. The van der Waals surface area contributed by atoms with Crippen molar-refractivity contribution < 1.29 is 4.74 Å². The SMILES string of the molecule is CCCOC1CCCN(c2ncnc(NN)c2C)C1. The van der Waals surface area contributed by atoms with Crippen molar-refractivity contribution in [2.75, 3.05) is 30.0 Å². The van der Waals surface area contributed by atoms with Gasteiger partial charge in [-0.15, -0.1) is 0 Å². The van der Waals surface area contributed by atoms with Gasteiger partial charge in [0.2, 0.25) is 0 Å². The average Bonchev–Trinajstić information content (AvgIpc) is 2.45. The minimum Gasteiger partial charge on any atom is -0.376 e. The summed E-state index contributed by atoms with van der Waals surface area (Å²) in [5.74, 6) is 7.09. The smallest absolute Gasteiger partial charge is 0.148 e. The second kappa shape index (κ2) is 6.68. The maximum Gasteiger partial charge on any atom is 0.148 e. The van der Waals surface area contributed by atoms with Gasteiger partial charge in [0.05, 0.1) is 6.10 Å². The summed E-state index contributed by atoms with van der Waals surface area (Å²) in [6.45, 7) is 6.85. The number of nitrogen functional groups attached to an aromatic ring is 1. The lowest BCUT2D eigenvalue weighted by molar-refractivity contribution is 0.0439. The summed E-state index contributed by atoms with van der Waals surface area (Å²) in [7, 11) is 0. The number of aromatic nitrogens is 2. The van der Waals surface area contributed by atoms with Gasteiger partial charge >= 0.3 is 0 Å². The second-order valence-electron chi connectivity index (χ2n) is 4.90. The van der Waals surface area contributed by atoms with Crippen molar-refractivity contribution in [1.82, 2.24) is 9.97 Å². The molecular formula is C13H23N5O. The van der Waals surface area contributed by atoms with Gasteiger partial charge in [0, 0.05) is 25.3 Å². The first kappa shape index (κ1) is 14.0. The number of nitrogens with two attached hydrogens (primary N) is 1. The molecule has 0 saturated carbocycles. The lowest BCUT2D eigenvalue weighted by Gasteiger charge is -2.34. The van der Waals surface area contributed by atoms with E-state index in [2.05, 4.69) is 27.2 Å². The van der Waals surface area contributed by atoms with Gasteiger partial charge in [0.25, 0.3) is 0 Å². The van der Waals surface area contributed by atoms with Crippen molar-refractivity contribution in [1.29, 1.82) is 0 Å². The molecule has 0 amide bonds. The normalized spacial score (nSPS) is 19.5. The fourth-order valence-electron chi connectivity index (χ4n) is 2.46. The molecule has 19 heavy (non-hydrogen) atoms. The maximum absolute atomic E-state index is 5.85. The lowest BCUT2D eigenvalue weighted by atomic mass is 10.1. The van der Waals surface area contributed by atoms with Crippen molar-refractivity contribution in [2.45, 2.75) is 39.2 Å². The predicted molar refractivity (Wildman–Crippen MR) is 76.1 cm³/mol. The van der Waals surface area contributed by atoms with E-state index in [4.69, 9.17) is 10.6 Å². The number of hydrogen-bond acceptors (Lipinski definition) is 6. The van der Waals surface area contributed by atoms with Gasteiger partial charge in [-0.3, -0.25) is 0 Å². The van der Waals surface area contributed by atoms with Crippen LogP contribution in [0.15, 0.2) is 6.33 Å². The Balaban J connectivity index is 2.08. The summed E-state index contributed by atoms with van der Waals surface area (Å²) in [6, 6.07) is 0. The molecular weight excluding hydrogens is 242 g/mol. The summed E-state index contributed by atoms with van der Waals surface area (Å²) in [4.78, 5) is 10.8. The fraction of sp³-hybridized carbons (Fsp3) is 0.692. The summed E-state index contributed by atoms with van der Waals surface area (Å²) >= 11 is 0. The molecule has 3 N–H and O–H groups in total. The highest BCUT2D eigenvalue weighted by Crippen LogP contribution is 2.25. The van der Waals surface area contributed by atoms with Gasteiger partial charge < -0.3 is 15.1 Å². The average molecular weight is 265 g/mol. The van der Waals surface area contributed by atoms with Gasteiger partial charge in [0.1, 0.15) is 18.0 Å². The van der Waals surface area contributed by atoms with Crippen molar-refractivity contribution in [3.63, 3.8) is 0 Å². The first-order chi connectivity index (χ1) is 9.26. The monoisotopic (exact) mass is 265 g/mol. The zero-order valence-electron chi connectivity index (χ0n) is 11.7. The largest absolute Gasteiger partial charge is 0.376 e. The third kappa shape index (κ3) is 3.33. The highest BCUT2D eigenvalue weighted by atomic mass is 16.5. The number of rotatable bonds is 5. The van der Waals surface area contributed by atoms with Crippen molar-refractivity contribution in [2.24, 2.45) is 5.84 Å². The number of nitrogens with one attached hydrogen (secondary N) is 1. The Labute approximate surface area is 114 Å². The van der Waals surface area contributed by atoms with E-state index < -0.39 is 0 Å². The van der Waals surface area contributed by atoms with Crippen LogP contribution in [-0.4, -0.2) is 35.8 Å². The second-order valence-corrected chi connectivity index (χ2v) is 4.90. The van der Waals surface area contributed by atoms with E-state index >= 15 is 0 Å². The van der Waals surface area contributed by atoms with E-state index in [-0.39, 0.29) is 0 Å². The zero-order valence-corrected chi connectivity index (χ0v) is 11.7. The summed E-state index contributed by atoms with van der Waals surface area (Å²) in [6.07, 6.45) is 5.17. The van der Waals surface area contributed by atoms with Gasteiger partial charge in [-0.2, -0.15) is 0 Å². The molecule has 2 heterocycles. The Morgan fingerprint density at radius 2 is 2.37 bits per heavy atom. The Morgan fingerprint density at radius 1 is 1.53 bits per heavy atom. The van der Waals surface area contributed by atoms with Crippen LogP contribution in [0.3, 0.4) is 0 Å². The van der Waals surface area contributed by atoms with Crippen LogP contribution in [0.5, 0.6) is 0 Å². The molecule has 0 radical (unpaired) electrons. The number of nitrogens with zero attached hydrogens (tertiary/aromatic N) is 3. The molecule has 1 aromatic rings. The van der Waals surface area contributed by atoms with Gasteiger partial charge in [-0.25, -0.2) is 15.8 Å². The van der Waals surface area contributed by atoms with E-state index in [1.807, 2.05) is 6.92 Å². The highest BCUT2D eigenvalue weighted by molar-refractivity contribution is 5.57. The van der Waals surface area contributed by atoms with Crippen LogP contribution in [0.4, 0.5) is 11.6 Å². The molecule has 106 valence electrons. The van der Waals surface area contributed by atoms with Crippen LogP contribution < -0.4 is 16.2 Å². The predicted octanol–water partition coefficient (Wildman–Crippen LogP) is 1.47. The topological polar surface area (TPSA) is 76.3 Å². The molecule has 1 unspecified atom stereocenters. The van der Waals surface area contributed by atoms with Gasteiger partial charge in [-0.05, 0) is 26.2 Å². The molecule has 2 rings (SSSR count). The van der Waals surface area contributed by atoms with Crippen molar-refractivity contribution >= 4 is 11.6 Å². The molecule has 1 aliphatic heterocycles. The standard InChI is InChI=1S/C13H23N5O/c1-3-7-19-11-5-4-6-18(8-11)13-10(2)12(17-14)15-9-16-13/h9,11H,3-8,14H2,1-2H3,(H,15,16,17). The third-order valence-electron chi connectivity index (χ3n) is 3.43. The summed E-state index contributed by atoms with van der Waals surface area (Å²) in [5.41, 5.74) is 3.60. The molecule has 1 saturated heterocycles. The maximum atomic E-state index is 5.85. The summed E-state index contributed by atoms with van der Waals surface area (Å²) in [5, 5.41) is 0. The number of hydrogen-bond donors (Lipinski definition) is 2. The number of anilines is 2. The Hall–Kier alpha value is -1.40. The van der Waals surface area contributed by atoms with Gasteiger partial charge in [-0.1, -0.05) is 6.92 Å². The lowest BCUT2D eigenvalue weighted by Crippen LogP contribution is -2.40. The number of hydrazine groups is 1. The molecule has 0 spiro atoms. The first-order valence-corrected chi connectivity index (χ1v) is 6.91. The van der Waals surface area contributed by atoms with E-state index in [1.54, 1.807) is 6.33 Å². The number of ether oxygens (including phenoxy) is 1. The molecule has 1 fully saturated rings. The molecule has 0 aliphatic carbocycles. The van der Waals surface area contributed by atoms with E-state index in [9.17, 15) is 0 Å². The Kier molecular flexibility index (Phi) is 4.93. The minimum absolute atomic E-state index is 0.303. The summed E-state index contributed by atoms with van der Waals surface area (Å²) < 4.78 is 5.85. The van der Waals surface area contributed by atoms with Crippen LogP contribution in [0, 0.1) is 6.92 Å². The minimum atomic E-state index is 0.303. The zero-order chi connectivity index (χ0) is 13.7. The Morgan fingerprint density at radius 3 is 3.11 bits per heavy atom. The number of piperidine rings is 1. The van der Waals surface area contributed by atoms with Crippen molar-refractivity contribution in [3.8, 4) is 0 Å². The quantitative estimate of drug-likeness (QED) is 0.620. The van der Waals surface area contributed by atoms with Crippen LogP contribution in [0.25, 0.3) is 0 Å². The highest BCUT2D eigenvalue weighted by Gasteiger charge is 2.23. The molecule has 1 aromatic heterocycles. The Bertz CT molecular complexity index is 412.